The summed E-state index contributed by atoms with van der Waals surface area (Å²) in [6, 6.07) is -0.876. The van der Waals surface area contributed by atoms with Gasteiger partial charge in [0, 0.05) is 24.4 Å². The Morgan fingerprint density at radius 2 is 2.40 bits per heavy atom. The normalized spacial score (nSPS) is 16.1. The SMILES string of the molecule is NC(Cc1cncc2c1COC2)C(=O)O. The van der Waals surface area contributed by atoms with Crippen molar-refractivity contribution in [2.24, 2.45) is 5.73 Å². The van der Waals surface area contributed by atoms with Crippen LogP contribution in [0, 0.1) is 0 Å². The Balaban J connectivity index is 2.22. The summed E-state index contributed by atoms with van der Waals surface area (Å²) in [5.74, 6) is -0.994. The maximum absolute atomic E-state index is 10.6. The van der Waals surface area contributed by atoms with Crippen molar-refractivity contribution in [3.05, 3.63) is 29.1 Å². The molecule has 2 rings (SSSR count). The number of aromatic nitrogens is 1. The van der Waals surface area contributed by atoms with E-state index in [4.69, 9.17) is 15.6 Å². The molecule has 1 aromatic rings. The molecule has 1 aliphatic heterocycles. The predicted octanol–water partition coefficient (Wildman–Crippen LogP) is 0.0662. The molecule has 1 atom stereocenters. The first kappa shape index (κ1) is 10.1. The molecule has 1 aromatic heterocycles. The number of hydrogen-bond acceptors (Lipinski definition) is 4. The molecule has 0 saturated heterocycles. The third-order valence-corrected chi connectivity index (χ3v) is 2.50. The molecule has 0 fully saturated rings. The monoisotopic (exact) mass is 208 g/mol. The van der Waals surface area contributed by atoms with Gasteiger partial charge in [0.05, 0.1) is 13.2 Å². The summed E-state index contributed by atoms with van der Waals surface area (Å²) >= 11 is 0. The smallest absolute Gasteiger partial charge is 0.320 e. The van der Waals surface area contributed by atoms with Crippen LogP contribution in [-0.2, 0) is 29.2 Å². The third-order valence-electron chi connectivity index (χ3n) is 2.50. The van der Waals surface area contributed by atoms with Gasteiger partial charge in [0.2, 0.25) is 0 Å². The Bertz CT molecular complexity index is 392. The maximum Gasteiger partial charge on any atom is 0.320 e. The van der Waals surface area contributed by atoms with Gasteiger partial charge >= 0.3 is 5.97 Å². The molecular formula is C10H12N2O3. The number of pyridine rings is 1. The van der Waals surface area contributed by atoms with Crippen molar-refractivity contribution in [2.45, 2.75) is 25.7 Å². The van der Waals surface area contributed by atoms with E-state index in [1.54, 1.807) is 12.4 Å². The van der Waals surface area contributed by atoms with E-state index < -0.39 is 12.0 Å². The minimum atomic E-state index is -0.994. The van der Waals surface area contributed by atoms with Crippen LogP contribution in [0.15, 0.2) is 12.4 Å². The van der Waals surface area contributed by atoms with E-state index >= 15 is 0 Å². The first-order chi connectivity index (χ1) is 7.18. The van der Waals surface area contributed by atoms with Gasteiger partial charge in [0.1, 0.15) is 6.04 Å². The summed E-state index contributed by atoms with van der Waals surface area (Å²) in [5, 5.41) is 8.72. The van der Waals surface area contributed by atoms with E-state index in [0.29, 0.717) is 19.6 Å². The molecule has 0 bridgehead atoms. The molecule has 15 heavy (non-hydrogen) atoms. The zero-order valence-electron chi connectivity index (χ0n) is 8.14. The minimum absolute atomic E-state index is 0.300. The van der Waals surface area contributed by atoms with Crippen LogP contribution in [0.2, 0.25) is 0 Å². The van der Waals surface area contributed by atoms with Gasteiger partial charge < -0.3 is 15.6 Å². The van der Waals surface area contributed by atoms with Crippen molar-refractivity contribution >= 4 is 5.97 Å². The van der Waals surface area contributed by atoms with E-state index in [-0.39, 0.29) is 0 Å². The van der Waals surface area contributed by atoms with Crippen LogP contribution in [0.5, 0.6) is 0 Å². The van der Waals surface area contributed by atoms with Crippen LogP contribution < -0.4 is 5.73 Å². The third kappa shape index (κ3) is 1.98. The lowest BCUT2D eigenvalue weighted by molar-refractivity contribution is -0.138. The zero-order valence-corrected chi connectivity index (χ0v) is 8.14. The minimum Gasteiger partial charge on any atom is -0.480 e. The Morgan fingerprint density at radius 1 is 1.60 bits per heavy atom. The fourth-order valence-electron chi connectivity index (χ4n) is 1.65. The molecule has 0 radical (unpaired) electrons. The van der Waals surface area contributed by atoms with Crippen LogP contribution in [0.4, 0.5) is 0 Å². The quantitative estimate of drug-likeness (QED) is 0.734. The van der Waals surface area contributed by atoms with Gasteiger partial charge in [-0.25, -0.2) is 0 Å². The van der Waals surface area contributed by atoms with Gasteiger partial charge in [0.15, 0.2) is 0 Å². The molecule has 0 saturated carbocycles. The molecule has 5 heteroatoms. The predicted molar refractivity (Wildman–Crippen MR) is 52.0 cm³/mol. The van der Waals surface area contributed by atoms with E-state index in [0.717, 1.165) is 16.7 Å². The molecule has 1 unspecified atom stereocenters. The number of aliphatic carboxylic acids is 1. The highest BCUT2D eigenvalue weighted by Gasteiger charge is 2.19. The molecular weight excluding hydrogens is 196 g/mol. The number of hydrogen-bond donors (Lipinski definition) is 2. The second-order valence-electron chi connectivity index (χ2n) is 3.58. The second kappa shape index (κ2) is 3.96. The summed E-state index contributed by atoms with van der Waals surface area (Å²) in [7, 11) is 0. The van der Waals surface area contributed by atoms with Crippen LogP contribution in [0.25, 0.3) is 0 Å². The highest BCUT2D eigenvalue weighted by molar-refractivity contribution is 5.73. The van der Waals surface area contributed by atoms with Gasteiger partial charge in [-0.2, -0.15) is 0 Å². The Morgan fingerprint density at radius 3 is 3.13 bits per heavy atom. The van der Waals surface area contributed by atoms with Crippen LogP contribution in [0.1, 0.15) is 16.7 Å². The van der Waals surface area contributed by atoms with Crippen LogP contribution in [-0.4, -0.2) is 22.1 Å². The van der Waals surface area contributed by atoms with Crippen molar-refractivity contribution in [3.8, 4) is 0 Å². The van der Waals surface area contributed by atoms with E-state index in [1.807, 2.05) is 0 Å². The summed E-state index contributed by atoms with van der Waals surface area (Å²) < 4.78 is 5.27. The lowest BCUT2D eigenvalue weighted by Crippen LogP contribution is -2.32. The highest BCUT2D eigenvalue weighted by atomic mass is 16.5. The summed E-state index contributed by atoms with van der Waals surface area (Å²) in [6.45, 7) is 1.08. The standard InChI is InChI=1S/C10H12N2O3/c11-9(10(13)14)1-6-2-12-3-7-4-15-5-8(6)7/h2-3,9H,1,4-5,11H2,(H,13,14). The molecule has 5 nitrogen and oxygen atoms in total. The number of nitrogens with two attached hydrogens (primary N) is 1. The molecule has 3 N–H and O–H groups in total. The summed E-state index contributed by atoms with van der Waals surface area (Å²) in [5.41, 5.74) is 8.43. The summed E-state index contributed by atoms with van der Waals surface area (Å²) in [4.78, 5) is 14.7. The van der Waals surface area contributed by atoms with Gasteiger partial charge in [-0.15, -0.1) is 0 Å². The van der Waals surface area contributed by atoms with Crippen molar-refractivity contribution in [3.63, 3.8) is 0 Å². The van der Waals surface area contributed by atoms with Crippen LogP contribution in [0.3, 0.4) is 0 Å². The Labute approximate surface area is 86.9 Å². The van der Waals surface area contributed by atoms with Crippen LogP contribution >= 0.6 is 0 Å². The number of rotatable bonds is 3. The topological polar surface area (TPSA) is 85.4 Å². The molecule has 0 aromatic carbocycles. The van der Waals surface area contributed by atoms with Gasteiger partial charge in [0.25, 0.3) is 0 Å². The number of carbonyl (C=O) groups is 1. The number of carboxylic acid groups (broad SMARTS) is 1. The average molecular weight is 208 g/mol. The molecule has 0 aliphatic carbocycles. The van der Waals surface area contributed by atoms with Crippen molar-refractivity contribution < 1.29 is 14.6 Å². The number of carboxylic acids is 1. The zero-order chi connectivity index (χ0) is 10.8. The van der Waals surface area contributed by atoms with E-state index in [2.05, 4.69) is 4.98 Å². The number of ether oxygens (including phenoxy) is 1. The first-order valence-electron chi connectivity index (χ1n) is 4.69. The Kier molecular flexibility index (Phi) is 2.66. The van der Waals surface area contributed by atoms with Crippen molar-refractivity contribution in [1.29, 1.82) is 0 Å². The number of fused-ring (bicyclic) bond motifs is 1. The molecule has 2 heterocycles. The molecule has 0 spiro atoms. The second-order valence-corrected chi connectivity index (χ2v) is 3.58. The lowest BCUT2D eigenvalue weighted by atomic mass is 10.0. The highest BCUT2D eigenvalue weighted by Crippen LogP contribution is 2.22. The van der Waals surface area contributed by atoms with Crippen molar-refractivity contribution in [1.82, 2.24) is 4.98 Å². The Hall–Kier alpha value is -1.46. The molecule has 0 amide bonds. The first-order valence-corrected chi connectivity index (χ1v) is 4.69. The van der Waals surface area contributed by atoms with E-state index in [9.17, 15) is 4.79 Å². The molecule has 80 valence electrons. The molecule has 1 aliphatic rings. The van der Waals surface area contributed by atoms with Gasteiger partial charge in [-0.3, -0.25) is 9.78 Å². The largest absolute Gasteiger partial charge is 0.480 e. The fraction of sp³-hybridized carbons (Fsp3) is 0.400. The maximum atomic E-state index is 10.6. The van der Waals surface area contributed by atoms with Gasteiger partial charge in [-0.05, 0) is 11.1 Å². The van der Waals surface area contributed by atoms with E-state index in [1.165, 1.54) is 0 Å². The lowest BCUT2D eigenvalue weighted by Gasteiger charge is -2.09. The number of nitrogens with zero attached hydrogens (tertiary/aromatic N) is 1. The fourth-order valence-corrected chi connectivity index (χ4v) is 1.65. The average Bonchev–Trinajstić information content (AvgIpc) is 2.66. The summed E-state index contributed by atoms with van der Waals surface area (Å²) in [6.07, 6.45) is 3.71. The van der Waals surface area contributed by atoms with Crippen molar-refractivity contribution in [2.75, 3.05) is 0 Å². The van der Waals surface area contributed by atoms with Gasteiger partial charge in [-0.1, -0.05) is 0 Å².